The molecule has 0 saturated carbocycles. The van der Waals surface area contributed by atoms with Crippen molar-refractivity contribution >= 4 is 11.9 Å². The highest BCUT2D eigenvalue weighted by Crippen LogP contribution is 2.15. The second kappa shape index (κ2) is 8.14. The summed E-state index contributed by atoms with van der Waals surface area (Å²) in [5.41, 5.74) is 0. The Balaban J connectivity index is 2.18. The van der Waals surface area contributed by atoms with E-state index in [4.69, 9.17) is 9.84 Å². The quantitative estimate of drug-likeness (QED) is 0.763. The molecule has 1 atom stereocenters. The van der Waals surface area contributed by atoms with Crippen molar-refractivity contribution in [2.45, 2.75) is 19.8 Å². The Morgan fingerprint density at radius 2 is 2.10 bits per heavy atom. The molecule has 0 radical (unpaired) electrons. The zero-order valence-corrected chi connectivity index (χ0v) is 11.3. The summed E-state index contributed by atoms with van der Waals surface area (Å²) < 4.78 is 18.3. The van der Waals surface area contributed by atoms with Gasteiger partial charge in [0.1, 0.15) is 0 Å². The number of para-hydroxylation sites is 1. The molecule has 0 fully saturated rings. The lowest BCUT2D eigenvalue weighted by molar-refractivity contribution is -0.141. The monoisotopic (exact) mass is 283 g/mol. The standard InChI is InChI=1S/C14H18FNO4/c1-10(14(18)19)6-8-16-13(17)7-9-20-12-5-3-2-4-11(12)15/h2-5,10H,6-9H2,1H3,(H,16,17)(H,18,19). The minimum atomic E-state index is -0.887. The first-order valence-corrected chi connectivity index (χ1v) is 6.37. The Morgan fingerprint density at radius 3 is 2.75 bits per heavy atom. The van der Waals surface area contributed by atoms with Crippen LogP contribution < -0.4 is 10.1 Å². The molecule has 6 heteroatoms. The van der Waals surface area contributed by atoms with Crippen LogP contribution in [0.2, 0.25) is 0 Å². The van der Waals surface area contributed by atoms with Crippen LogP contribution in [-0.2, 0) is 9.59 Å². The Bertz CT molecular complexity index is 464. The van der Waals surface area contributed by atoms with Gasteiger partial charge in [-0.25, -0.2) is 4.39 Å². The topological polar surface area (TPSA) is 75.6 Å². The third-order valence-electron chi connectivity index (χ3n) is 2.74. The number of halogens is 1. The number of aliphatic carboxylic acids is 1. The predicted octanol–water partition coefficient (Wildman–Crippen LogP) is 1.82. The summed E-state index contributed by atoms with van der Waals surface area (Å²) in [7, 11) is 0. The maximum Gasteiger partial charge on any atom is 0.306 e. The molecule has 1 rings (SSSR count). The smallest absolute Gasteiger partial charge is 0.306 e. The van der Waals surface area contributed by atoms with Gasteiger partial charge in [-0.2, -0.15) is 0 Å². The fourth-order valence-corrected chi connectivity index (χ4v) is 1.46. The van der Waals surface area contributed by atoms with E-state index in [0.717, 1.165) is 0 Å². The second-order valence-corrected chi connectivity index (χ2v) is 4.41. The van der Waals surface area contributed by atoms with Crippen molar-refractivity contribution in [3.63, 3.8) is 0 Å². The number of benzene rings is 1. The molecule has 20 heavy (non-hydrogen) atoms. The van der Waals surface area contributed by atoms with E-state index in [-0.39, 0.29) is 24.7 Å². The van der Waals surface area contributed by atoms with E-state index in [1.54, 1.807) is 19.1 Å². The molecule has 0 aliphatic rings. The van der Waals surface area contributed by atoms with E-state index >= 15 is 0 Å². The number of hydrogen-bond acceptors (Lipinski definition) is 3. The molecular formula is C14H18FNO4. The number of carboxylic acid groups (broad SMARTS) is 1. The first-order chi connectivity index (χ1) is 9.50. The highest BCUT2D eigenvalue weighted by atomic mass is 19.1. The number of carbonyl (C=O) groups is 2. The van der Waals surface area contributed by atoms with Crippen LogP contribution in [0.4, 0.5) is 4.39 Å². The molecule has 1 amide bonds. The van der Waals surface area contributed by atoms with Gasteiger partial charge in [0.05, 0.1) is 18.9 Å². The lowest BCUT2D eigenvalue weighted by atomic mass is 10.1. The summed E-state index contributed by atoms with van der Waals surface area (Å²) in [6, 6.07) is 5.97. The summed E-state index contributed by atoms with van der Waals surface area (Å²) in [5.74, 6) is -1.99. The molecule has 1 aromatic carbocycles. The maximum absolute atomic E-state index is 13.2. The number of ether oxygens (including phenoxy) is 1. The normalized spacial score (nSPS) is 11.7. The Morgan fingerprint density at radius 1 is 1.40 bits per heavy atom. The van der Waals surface area contributed by atoms with Gasteiger partial charge in [-0.1, -0.05) is 19.1 Å². The van der Waals surface area contributed by atoms with Crippen LogP contribution in [0.15, 0.2) is 24.3 Å². The lowest BCUT2D eigenvalue weighted by Gasteiger charge is -2.09. The first-order valence-electron chi connectivity index (χ1n) is 6.37. The summed E-state index contributed by atoms with van der Waals surface area (Å²) in [6.45, 7) is 1.95. The van der Waals surface area contributed by atoms with E-state index < -0.39 is 17.7 Å². The van der Waals surface area contributed by atoms with Crippen LogP contribution in [-0.4, -0.2) is 30.1 Å². The van der Waals surface area contributed by atoms with Crippen molar-refractivity contribution in [1.82, 2.24) is 5.32 Å². The molecule has 0 aliphatic carbocycles. The van der Waals surface area contributed by atoms with Crippen LogP contribution in [0, 0.1) is 11.7 Å². The molecule has 5 nitrogen and oxygen atoms in total. The predicted molar refractivity (Wildman–Crippen MR) is 70.9 cm³/mol. The number of nitrogens with one attached hydrogen (secondary N) is 1. The van der Waals surface area contributed by atoms with Crippen LogP contribution >= 0.6 is 0 Å². The van der Waals surface area contributed by atoms with Gasteiger partial charge >= 0.3 is 5.97 Å². The van der Waals surface area contributed by atoms with Crippen LogP contribution in [0.3, 0.4) is 0 Å². The molecular weight excluding hydrogens is 265 g/mol. The fraction of sp³-hybridized carbons (Fsp3) is 0.429. The molecule has 1 unspecified atom stereocenters. The molecule has 0 heterocycles. The van der Waals surface area contributed by atoms with Crippen molar-refractivity contribution in [2.24, 2.45) is 5.92 Å². The van der Waals surface area contributed by atoms with Gasteiger partial charge in [-0.3, -0.25) is 9.59 Å². The number of rotatable bonds is 8. The van der Waals surface area contributed by atoms with Gasteiger partial charge in [0, 0.05) is 6.54 Å². The molecule has 1 aromatic rings. The maximum atomic E-state index is 13.2. The summed E-state index contributed by atoms with van der Waals surface area (Å²) in [6.07, 6.45) is 0.463. The highest BCUT2D eigenvalue weighted by Gasteiger charge is 2.11. The van der Waals surface area contributed by atoms with E-state index in [2.05, 4.69) is 5.32 Å². The highest BCUT2D eigenvalue weighted by molar-refractivity contribution is 5.76. The molecule has 0 aromatic heterocycles. The minimum Gasteiger partial charge on any atom is -0.490 e. The SMILES string of the molecule is CC(CCNC(=O)CCOc1ccccc1F)C(=O)O. The van der Waals surface area contributed by atoms with Gasteiger partial charge in [-0.15, -0.1) is 0 Å². The fourth-order valence-electron chi connectivity index (χ4n) is 1.46. The van der Waals surface area contributed by atoms with Crippen molar-refractivity contribution in [2.75, 3.05) is 13.2 Å². The van der Waals surface area contributed by atoms with Crippen molar-refractivity contribution in [1.29, 1.82) is 0 Å². The van der Waals surface area contributed by atoms with Gasteiger partial charge in [0.25, 0.3) is 0 Å². The van der Waals surface area contributed by atoms with E-state index in [1.807, 2.05) is 0 Å². The zero-order chi connectivity index (χ0) is 15.0. The van der Waals surface area contributed by atoms with Crippen LogP contribution in [0.5, 0.6) is 5.75 Å². The average molecular weight is 283 g/mol. The summed E-state index contributed by atoms with van der Waals surface area (Å²) >= 11 is 0. The van der Waals surface area contributed by atoms with Crippen molar-refractivity contribution < 1.29 is 23.8 Å². The van der Waals surface area contributed by atoms with Gasteiger partial charge in [0.2, 0.25) is 5.91 Å². The van der Waals surface area contributed by atoms with Gasteiger partial charge in [-0.05, 0) is 18.6 Å². The van der Waals surface area contributed by atoms with Crippen molar-refractivity contribution in [3.05, 3.63) is 30.1 Å². The number of carboxylic acids is 1. The Kier molecular flexibility index (Phi) is 6.49. The minimum absolute atomic E-state index is 0.0707. The van der Waals surface area contributed by atoms with E-state index in [0.29, 0.717) is 13.0 Å². The molecule has 2 N–H and O–H groups in total. The third-order valence-corrected chi connectivity index (χ3v) is 2.74. The first kappa shape index (κ1) is 15.9. The lowest BCUT2D eigenvalue weighted by Crippen LogP contribution is -2.28. The van der Waals surface area contributed by atoms with Gasteiger partial charge in [0.15, 0.2) is 11.6 Å². The molecule has 0 spiro atoms. The average Bonchev–Trinajstić information content (AvgIpc) is 2.40. The summed E-state index contributed by atoms with van der Waals surface area (Å²) in [4.78, 5) is 22.0. The van der Waals surface area contributed by atoms with Crippen LogP contribution in [0.1, 0.15) is 19.8 Å². The van der Waals surface area contributed by atoms with Crippen molar-refractivity contribution in [3.8, 4) is 5.75 Å². The molecule has 0 saturated heterocycles. The van der Waals surface area contributed by atoms with Gasteiger partial charge < -0.3 is 15.2 Å². The molecule has 0 aliphatic heterocycles. The number of amides is 1. The number of hydrogen-bond donors (Lipinski definition) is 2. The largest absolute Gasteiger partial charge is 0.490 e. The Labute approximate surface area is 116 Å². The molecule has 0 bridgehead atoms. The number of carbonyl (C=O) groups excluding carboxylic acids is 1. The second-order valence-electron chi connectivity index (χ2n) is 4.41. The van der Waals surface area contributed by atoms with E-state index in [9.17, 15) is 14.0 Å². The zero-order valence-electron chi connectivity index (χ0n) is 11.3. The third kappa shape index (κ3) is 5.69. The van der Waals surface area contributed by atoms with Crippen LogP contribution in [0.25, 0.3) is 0 Å². The summed E-state index contributed by atoms with van der Waals surface area (Å²) in [5, 5.41) is 11.3. The van der Waals surface area contributed by atoms with E-state index in [1.165, 1.54) is 12.1 Å². The molecule has 110 valence electrons. The Hall–Kier alpha value is -2.11.